The summed E-state index contributed by atoms with van der Waals surface area (Å²) in [7, 11) is -0.499. The molecule has 1 aromatic rings. The van der Waals surface area contributed by atoms with E-state index in [0.29, 0.717) is 12.3 Å². The Kier molecular flexibility index (Phi) is 10.5. The second-order valence-corrected chi connectivity index (χ2v) is 17.2. The van der Waals surface area contributed by atoms with E-state index in [4.69, 9.17) is 4.43 Å². The van der Waals surface area contributed by atoms with Gasteiger partial charge in [-0.05, 0) is 73.4 Å². The van der Waals surface area contributed by atoms with Gasteiger partial charge in [-0.3, -0.25) is 9.59 Å². The van der Waals surface area contributed by atoms with Gasteiger partial charge in [-0.2, -0.15) is 0 Å². The first-order valence-corrected chi connectivity index (χ1v) is 17.2. The SMILES string of the molecule is COC(=O)CCC/C=C\C[C@H]1C(=O)C=C[C@@H]1c1ccc(C(O[Si](C)(C)C(C)(C)C)C2CCCCC2)cc1. The number of hydrogen-bond acceptors (Lipinski definition) is 4. The Morgan fingerprint density at radius 3 is 2.38 bits per heavy atom. The predicted molar refractivity (Wildman–Crippen MR) is 154 cm³/mol. The minimum absolute atomic E-state index is 0.0553. The molecule has 0 spiro atoms. The van der Waals surface area contributed by atoms with Gasteiger partial charge in [-0.25, -0.2) is 0 Å². The molecule has 0 aliphatic heterocycles. The molecule has 0 bridgehead atoms. The topological polar surface area (TPSA) is 52.6 Å². The summed E-state index contributed by atoms with van der Waals surface area (Å²) in [4.78, 5) is 23.9. The van der Waals surface area contributed by atoms with Gasteiger partial charge in [-0.15, -0.1) is 0 Å². The maximum absolute atomic E-state index is 12.6. The number of ether oxygens (including phenoxy) is 1. The van der Waals surface area contributed by atoms with E-state index < -0.39 is 8.32 Å². The van der Waals surface area contributed by atoms with Gasteiger partial charge in [0, 0.05) is 18.3 Å². The van der Waals surface area contributed by atoms with E-state index in [-0.39, 0.29) is 34.7 Å². The summed E-state index contributed by atoms with van der Waals surface area (Å²) in [6, 6.07) is 8.97. The fourth-order valence-electron chi connectivity index (χ4n) is 5.34. The zero-order valence-corrected chi connectivity index (χ0v) is 24.9. The average molecular weight is 525 g/mol. The Balaban J connectivity index is 1.70. The maximum atomic E-state index is 12.6. The lowest BCUT2D eigenvalue weighted by atomic mass is 9.81. The van der Waals surface area contributed by atoms with Crippen molar-refractivity contribution in [3.8, 4) is 0 Å². The zero-order chi connectivity index (χ0) is 27.1. The van der Waals surface area contributed by atoms with E-state index in [1.807, 2.05) is 0 Å². The van der Waals surface area contributed by atoms with Gasteiger partial charge in [0.1, 0.15) is 0 Å². The molecule has 1 unspecified atom stereocenters. The van der Waals surface area contributed by atoms with Crippen LogP contribution in [0.3, 0.4) is 0 Å². The molecule has 204 valence electrons. The summed E-state index contributed by atoms with van der Waals surface area (Å²) in [5.41, 5.74) is 2.49. The lowest BCUT2D eigenvalue weighted by Gasteiger charge is -2.42. The van der Waals surface area contributed by atoms with Gasteiger partial charge >= 0.3 is 5.97 Å². The van der Waals surface area contributed by atoms with Crippen LogP contribution in [-0.4, -0.2) is 27.2 Å². The van der Waals surface area contributed by atoms with E-state index in [2.05, 4.69) is 81.1 Å². The van der Waals surface area contributed by atoms with Crippen LogP contribution in [0.5, 0.6) is 0 Å². The first-order chi connectivity index (χ1) is 17.5. The molecule has 4 nitrogen and oxygen atoms in total. The molecule has 3 atom stereocenters. The van der Waals surface area contributed by atoms with E-state index in [9.17, 15) is 9.59 Å². The average Bonchev–Trinajstić information content (AvgIpc) is 3.24. The number of methoxy groups -OCH3 is 1. The van der Waals surface area contributed by atoms with Gasteiger partial charge < -0.3 is 9.16 Å². The largest absolute Gasteiger partial charge is 0.469 e. The summed E-state index contributed by atoms with van der Waals surface area (Å²) >= 11 is 0. The molecule has 0 radical (unpaired) electrons. The van der Waals surface area contributed by atoms with Gasteiger partial charge in [-0.1, -0.05) is 82.5 Å². The van der Waals surface area contributed by atoms with Gasteiger partial charge in [0.25, 0.3) is 0 Å². The van der Waals surface area contributed by atoms with Crippen LogP contribution in [-0.2, 0) is 18.8 Å². The standard InChI is InChI=1S/C32H48O4Si/c1-32(2,3)37(5,6)36-31(25-14-10-9-11-15-25)26-20-18-24(19-21-26)27-22-23-29(33)28(27)16-12-7-8-13-17-30(34)35-4/h7,12,18-23,25,27-28,31H,8-11,13-17H2,1-6H3/b12-7-/t27-,28-,31?/m1/s1. The van der Waals surface area contributed by atoms with Gasteiger partial charge in [0.2, 0.25) is 0 Å². The number of rotatable bonds is 11. The smallest absolute Gasteiger partial charge is 0.305 e. The molecule has 5 heteroatoms. The van der Waals surface area contributed by atoms with Crippen molar-refractivity contribution in [3.63, 3.8) is 0 Å². The Labute approximate surface area is 226 Å². The zero-order valence-electron chi connectivity index (χ0n) is 23.9. The van der Waals surface area contributed by atoms with E-state index in [1.54, 1.807) is 6.08 Å². The third-order valence-electron chi connectivity index (χ3n) is 8.76. The van der Waals surface area contributed by atoms with Gasteiger partial charge in [0.05, 0.1) is 13.2 Å². The number of esters is 1. The Bertz CT molecular complexity index is 948. The summed E-state index contributed by atoms with van der Waals surface area (Å²) in [6.07, 6.45) is 17.3. The highest BCUT2D eigenvalue weighted by atomic mass is 28.4. The van der Waals surface area contributed by atoms with Crippen LogP contribution in [0.2, 0.25) is 18.1 Å². The normalized spacial score (nSPS) is 22.1. The van der Waals surface area contributed by atoms with Crippen molar-refractivity contribution in [1.82, 2.24) is 0 Å². The second-order valence-electron chi connectivity index (χ2n) is 12.4. The van der Waals surface area contributed by atoms with Crippen molar-refractivity contribution in [2.24, 2.45) is 11.8 Å². The molecule has 0 heterocycles. The first kappa shape index (κ1) is 29.6. The van der Waals surface area contributed by atoms with Crippen molar-refractivity contribution < 1.29 is 18.8 Å². The third-order valence-corrected chi connectivity index (χ3v) is 13.2. The Hall–Kier alpha value is -1.98. The molecule has 0 amide bonds. The molecular formula is C32H48O4Si. The first-order valence-electron chi connectivity index (χ1n) is 14.2. The van der Waals surface area contributed by atoms with E-state index >= 15 is 0 Å². The number of ketones is 1. The molecule has 37 heavy (non-hydrogen) atoms. The van der Waals surface area contributed by atoms with Crippen LogP contribution in [0.25, 0.3) is 0 Å². The lowest BCUT2D eigenvalue weighted by Crippen LogP contribution is -2.43. The quantitative estimate of drug-likeness (QED) is 0.126. The lowest BCUT2D eigenvalue weighted by molar-refractivity contribution is -0.140. The maximum Gasteiger partial charge on any atom is 0.305 e. The van der Waals surface area contributed by atoms with Crippen molar-refractivity contribution in [2.75, 3.05) is 7.11 Å². The molecule has 2 aliphatic rings. The highest BCUT2D eigenvalue weighted by molar-refractivity contribution is 6.74. The number of allylic oxidation sites excluding steroid dienone is 4. The molecule has 1 saturated carbocycles. The van der Waals surface area contributed by atoms with Crippen molar-refractivity contribution in [3.05, 3.63) is 59.7 Å². The number of hydrogen-bond donors (Lipinski definition) is 0. The molecule has 1 fully saturated rings. The fourth-order valence-corrected chi connectivity index (χ4v) is 6.66. The predicted octanol–water partition coefficient (Wildman–Crippen LogP) is 8.46. The van der Waals surface area contributed by atoms with E-state index in [0.717, 1.165) is 19.3 Å². The Morgan fingerprint density at radius 1 is 1.08 bits per heavy atom. The van der Waals surface area contributed by atoms with E-state index in [1.165, 1.54) is 50.3 Å². The van der Waals surface area contributed by atoms with Crippen molar-refractivity contribution in [1.29, 1.82) is 0 Å². The molecule has 3 rings (SSSR count). The van der Waals surface area contributed by atoms with Crippen LogP contribution >= 0.6 is 0 Å². The molecule has 0 saturated heterocycles. The summed E-state index contributed by atoms with van der Waals surface area (Å²) < 4.78 is 11.8. The minimum Gasteiger partial charge on any atom is -0.469 e. The summed E-state index contributed by atoms with van der Waals surface area (Å²) in [5.74, 6) is 0.664. The second kappa shape index (κ2) is 13.2. The summed E-state index contributed by atoms with van der Waals surface area (Å²) in [5, 5.41) is 0.176. The number of carbonyl (C=O) groups is 2. The van der Waals surface area contributed by atoms with Crippen LogP contribution in [0.4, 0.5) is 0 Å². The molecule has 0 aromatic heterocycles. The van der Waals surface area contributed by atoms with Crippen LogP contribution < -0.4 is 0 Å². The monoisotopic (exact) mass is 524 g/mol. The number of unbranched alkanes of at least 4 members (excludes halogenated alkanes) is 1. The fraction of sp³-hybridized carbons (Fsp3) is 0.625. The van der Waals surface area contributed by atoms with Crippen molar-refractivity contribution in [2.45, 2.75) is 109 Å². The Morgan fingerprint density at radius 2 is 1.76 bits per heavy atom. The van der Waals surface area contributed by atoms with Crippen LogP contribution in [0, 0.1) is 11.8 Å². The molecule has 0 N–H and O–H groups in total. The number of carbonyl (C=O) groups excluding carboxylic acids is 2. The van der Waals surface area contributed by atoms with Crippen LogP contribution in [0.1, 0.15) is 102 Å². The minimum atomic E-state index is -1.92. The molecular weight excluding hydrogens is 476 g/mol. The van der Waals surface area contributed by atoms with Crippen LogP contribution in [0.15, 0.2) is 48.6 Å². The van der Waals surface area contributed by atoms with Crippen molar-refractivity contribution >= 4 is 20.1 Å². The molecule has 2 aliphatic carbocycles. The summed E-state index contributed by atoms with van der Waals surface area (Å²) in [6.45, 7) is 11.7. The third kappa shape index (κ3) is 8.00. The van der Waals surface area contributed by atoms with Gasteiger partial charge in [0.15, 0.2) is 14.1 Å². The highest BCUT2D eigenvalue weighted by Crippen LogP contribution is 2.45. The molecule has 1 aromatic carbocycles. The highest BCUT2D eigenvalue weighted by Gasteiger charge is 2.41. The number of benzene rings is 1.